The van der Waals surface area contributed by atoms with Gasteiger partial charge >= 0.3 is 0 Å². The average molecular weight is 241 g/mol. The fourth-order valence-corrected chi connectivity index (χ4v) is 1.68. The number of hydrogen-bond donors (Lipinski definition) is 1. The van der Waals surface area contributed by atoms with Crippen LogP contribution < -0.4 is 10.5 Å². The summed E-state index contributed by atoms with van der Waals surface area (Å²) in [6.45, 7) is 1.94. The van der Waals surface area contributed by atoms with Crippen LogP contribution in [0.1, 0.15) is 22.8 Å². The molecular formula is C15H15NO2. The Kier molecular flexibility index (Phi) is 3.63. The van der Waals surface area contributed by atoms with E-state index in [1.165, 1.54) is 6.92 Å². The normalized spacial score (nSPS) is 10.1. The molecule has 0 unspecified atom stereocenters. The van der Waals surface area contributed by atoms with Gasteiger partial charge in [0.05, 0.1) is 5.56 Å². The maximum absolute atomic E-state index is 11.5. The number of anilines is 1. The molecule has 0 saturated heterocycles. The Bertz CT molecular complexity index is 550. The number of nitrogen functional groups attached to an aromatic ring is 1. The van der Waals surface area contributed by atoms with Crippen molar-refractivity contribution in [1.82, 2.24) is 0 Å². The average Bonchev–Trinajstić information content (AvgIpc) is 2.38. The zero-order valence-electron chi connectivity index (χ0n) is 10.2. The lowest BCUT2D eigenvalue weighted by atomic mass is 10.1. The van der Waals surface area contributed by atoms with Gasteiger partial charge in [0.1, 0.15) is 12.4 Å². The van der Waals surface area contributed by atoms with Crippen LogP contribution in [0.25, 0.3) is 0 Å². The number of carbonyl (C=O) groups excluding carboxylic acids is 1. The fraction of sp³-hybridized carbons (Fsp3) is 0.133. The van der Waals surface area contributed by atoms with Gasteiger partial charge in [-0.15, -0.1) is 0 Å². The summed E-state index contributed by atoms with van der Waals surface area (Å²) in [6, 6.07) is 14.9. The minimum absolute atomic E-state index is 0.0506. The zero-order chi connectivity index (χ0) is 13.0. The summed E-state index contributed by atoms with van der Waals surface area (Å²) in [7, 11) is 0. The summed E-state index contributed by atoms with van der Waals surface area (Å²) in [5, 5.41) is 0. The lowest BCUT2D eigenvalue weighted by Crippen LogP contribution is -2.02. The van der Waals surface area contributed by atoms with Gasteiger partial charge < -0.3 is 10.5 Å². The van der Waals surface area contributed by atoms with E-state index in [0.29, 0.717) is 23.6 Å². The number of hydrogen-bond acceptors (Lipinski definition) is 3. The van der Waals surface area contributed by atoms with Gasteiger partial charge in [0.15, 0.2) is 5.78 Å². The Morgan fingerprint density at radius 1 is 1.17 bits per heavy atom. The first-order chi connectivity index (χ1) is 8.66. The minimum Gasteiger partial charge on any atom is -0.488 e. The maximum atomic E-state index is 11.5. The summed E-state index contributed by atoms with van der Waals surface area (Å²) in [5.41, 5.74) is 7.81. The molecule has 18 heavy (non-hydrogen) atoms. The number of Topliss-reactive ketones (excluding diaryl/α,β-unsaturated/α-hetero) is 1. The molecule has 3 heteroatoms. The Balaban J connectivity index is 2.17. The van der Waals surface area contributed by atoms with Crippen molar-refractivity contribution < 1.29 is 9.53 Å². The van der Waals surface area contributed by atoms with E-state index in [1.807, 2.05) is 30.3 Å². The molecule has 0 fully saturated rings. The van der Waals surface area contributed by atoms with Crippen LogP contribution in [0.4, 0.5) is 5.69 Å². The molecule has 0 bridgehead atoms. The number of ether oxygens (including phenoxy) is 1. The van der Waals surface area contributed by atoms with Crippen LogP contribution in [0.2, 0.25) is 0 Å². The van der Waals surface area contributed by atoms with E-state index in [9.17, 15) is 4.79 Å². The molecule has 0 aliphatic rings. The molecule has 0 amide bonds. The van der Waals surface area contributed by atoms with Gasteiger partial charge in [-0.1, -0.05) is 30.3 Å². The van der Waals surface area contributed by atoms with Gasteiger partial charge in [0, 0.05) is 5.69 Å². The molecular weight excluding hydrogens is 226 g/mol. The van der Waals surface area contributed by atoms with Gasteiger partial charge in [-0.05, 0) is 30.7 Å². The predicted molar refractivity (Wildman–Crippen MR) is 71.6 cm³/mol. The van der Waals surface area contributed by atoms with Crippen molar-refractivity contribution in [2.45, 2.75) is 13.5 Å². The molecule has 2 aromatic rings. The molecule has 0 aliphatic heterocycles. The lowest BCUT2D eigenvalue weighted by Gasteiger charge is -2.10. The summed E-state index contributed by atoms with van der Waals surface area (Å²) < 4.78 is 5.66. The van der Waals surface area contributed by atoms with Crippen LogP contribution in [0.15, 0.2) is 48.5 Å². The van der Waals surface area contributed by atoms with E-state index in [0.717, 1.165) is 5.56 Å². The molecule has 0 saturated carbocycles. The topological polar surface area (TPSA) is 52.3 Å². The van der Waals surface area contributed by atoms with Gasteiger partial charge in [0.25, 0.3) is 0 Å². The van der Waals surface area contributed by atoms with E-state index in [4.69, 9.17) is 10.5 Å². The van der Waals surface area contributed by atoms with Gasteiger partial charge in [0.2, 0.25) is 0 Å². The number of benzene rings is 2. The molecule has 3 nitrogen and oxygen atoms in total. The van der Waals surface area contributed by atoms with Crippen LogP contribution in [0.3, 0.4) is 0 Å². The second-order valence-corrected chi connectivity index (χ2v) is 4.09. The highest BCUT2D eigenvalue weighted by atomic mass is 16.5. The molecule has 0 atom stereocenters. The van der Waals surface area contributed by atoms with Crippen molar-refractivity contribution in [2.24, 2.45) is 0 Å². The first-order valence-corrected chi connectivity index (χ1v) is 5.74. The molecule has 0 aromatic heterocycles. The van der Waals surface area contributed by atoms with Gasteiger partial charge in [-0.3, -0.25) is 4.79 Å². The maximum Gasteiger partial charge on any atom is 0.163 e. The highest BCUT2D eigenvalue weighted by Crippen LogP contribution is 2.22. The van der Waals surface area contributed by atoms with E-state index in [2.05, 4.69) is 0 Å². The SMILES string of the molecule is CC(=O)c1cc(N)ccc1OCc1ccccc1. The fourth-order valence-electron chi connectivity index (χ4n) is 1.68. The predicted octanol–water partition coefficient (Wildman–Crippen LogP) is 3.05. The van der Waals surface area contributed by atoms with Crippen LogP contribution in [-0.4, -0.2) is 5.78 Å². The molecule has 2 rings (SSSR count). The van der Waals surface area contributed by atoms with E-state index in [1.54, 1.807) is 18.2 Å². The Morgan fingerprint density at radius 3 is 2.56 bits per heavy atom. The number of carbonyl (C=O) groups is 1. The van der Waals surface area contributed by atoms with Crippen molar-refractivity contribution in [3.63, 3.8) is 0 Å². The highest BCUT2D eigenvalue weighted by molar-refractivity contribution is 5.97. The summed E-state index contributed by atoms with van der Waals surface area (Å²) in [6.07, 6.45) is 0. The molecule has 0 radical (unpaired) electrons. The van der Waals surface area contributed by atoms with E-state index >= 15 is 0 Å². The Morgan fingerprint density at radius 2 is 1.89 bits per heavy atom. The molecule has 92 valence electrons. The number of nitrogens with two attached hydrogens (primary N) is 1. The van der Waals surface area contributed by atoms with Crippen LogP contribution >= 0.6 is 0 Å². The largest absolute Gasteiger partial charge is 0.488 e. The minimum atomic E-state index is -0.0506. The smallest absolute Gasteiger partial charge is 0.163 e. The van der Waals surface area contributed by atoms with E-state index in [-0.39, 0.29) is 5.78 Å². The van der Waals surface area contributed by atoms with Gasteiger partial charge in [-0.2, -0.15) is 0 Å². The summed E-state index contributed by atoms with van der Waals surface area (Å²) in [5.74, 6) is 0.519. The van der Waals surface area contributed by atoms with Gasteiger partial charge in [-0.25, -0.2) is 0 Å². The third-order valence-electron chi connectivity index (χ3n) is 2.62. The van der Waals surface area contributed by atoms with Crippen molar-refractivity contribution in [3.8, 4) is 5.75 Å². The quantitative estimate of drug-likeness (QED) is 0.661. The highest BCUT2D eigenvalue weighted by Gasteiger charge is 2.09. The lowest BCUT2D eigenvalue weighted by molar-refractivity contribution is 0.101. The number of rotatable bonds is 4. The molecule has 0 heterocycles. The monoisotopic (exact) mass is 241 g/mol. The Hall–Kier alpha value is -2.29. The zero-order valence-corrected chi connectivity index (χ0v) is 10.2. The first kappa shape index (κ1) is 12.2. The Labute approximate surface area is 106 Å². The third-order valence-corrected chi connectivity index (χ3v) is 2.62. The van der Waals surface area contributed by atoms with Crippen molar-refractivity contribution in [1.29, 1.82) is 0 Å². The molecule has 0 aliphatic carbocycles. The third kappa shape index (κ3) is 2.88. The summed E-state index contributed by atoms with van der Waals surface area (Å²) in [4.78, 5) is 11.5. The van der Waals surface area contributed by atoms with Crippen LogP contribution in [-0.2, 0) is 6.61 Å². The van der Waals surface area contributed by atoms with Crippen molar-refractivity contribution >= 4 is 11.5 Å². The summed E-state index contributed by atoms with van der Waals surface area (Å²) >= 11 is 0. The van der Waals surface area contributed by atoms with Crippen LogP contribution in [0.5, 0.6) is 5.75 Å². The van der Waals surface area contributed by atoms with Crippen molar-refractivity contribution in [3.05, 3.63) is 59.7 Å². The molecule has 0 spiro atoms. The van der Waals surface area contributed by atoms with Crippen molar-refractivity contribution in [2.75, 3.05) is 5.73 Å². The molecule has 2 aromatic carbocycles. The second-order valence-electron chi connectivity index (χ2n) is 4.09. The second kappa shape index (κ2) is 5.36. The van der Waals surface area contributed by atoms with Crippen LogP contribution in [0, 0.1) is 0 Å². The first-order valence-electron chi connectivity index (χ1n) is 5.74. The number of ketones is 1. The molecule has 2 N–H and O–H groups in total. The standard InChI is InChI=1S/C15H15NO2/c1-11(17)14-9-13(16)7-8-15(14)18-10-12-5-3-2-4-6-12/h2-9H,10,16H2,1H3. The van der Waals surface area contributed by atoms with E-state index < -0.39 is 0 Å².